The molecule has 1 fully saturated rings. The molecular weight excluding hydrogens is 342 g/mol. The minimum Gasteiger partial charge on any atom is -0.423 e. The zero-order valence-corrected chi connectivity index (χ0v) is 16.1. The zero-order chi connectivity index (χ0) is 19.0. The maximum absolute atomic E-state index is 12.7. The summed E-state index contributed by atoms with van der Waals surface area (Å²) >= 11 is 0. The Kier molecular flexibility index (Phi) is 4.59. The minimum atomic E-state index is 0.112. The summed E-state index contributed by atoms with van der Waals surface area (Å²) < 4.78 is 7.68. The van der Waals surface area contributed by atoms with E-state index in [0.29, 0.717) is 25.6 Å². The van der Waals surface area contributed by atoms with E-state index in [0.717, 1.165) is 42.0 Å². The van der Waals surface area contributed by atoms with Crippen molar-refractivity contribution in [2.75, 3.05) is 31.1 Å². The second-order valence-electron chi connectivity index (χ2n) is 6.99. The summed E-state index contributed by atoms with van der Waals surface area (Å²) in [6.07, 6.45) is 0.940. The van der Waals surface area contributed by atoms with Gasteiger partial charge in [0, 0.05) is 31.9 Å². The molecule has 0 radical (unpaired) electrons. The van der Waals surface area contributed by atoms with Crippen LogP contribution >= 0.6 is 0 Å². The Morgan fingerprint density at radius 3 is 2.56 bits per heavy atom. The van der Waals surface area contributed by atoms with Gasteiger partial charge in [-0.15, -0.1) is 0 Å². The number of amides is 1. The first kappa shape index (κ1) is 17.6. The Hall–Kier alpha value is -2.83. The fourth-order valence-corrected chi connectivity index (χ4v) is 3.77. The monoisotopic (exact) mass is 367 g/mol. The van der Waals surface area contributed by atoms with Crippen molar-refractivity contribution in [2.45, 2.75) is 33.7 Å². The summed E-state index contributed by atoms with van der Waals surface area (Å²) in [5.74, 6) is 0.112. The highest BCUT2D eigenvalue weighted by atomic mass is 16.4. The summed E-state index contributed by atoms with van der Waals surface area (Å²) in [7, 11) is 0. The molecule has 0 aliphatic carbocycles. The minimum absolute atomic E-state index is 0.112. The van der Waals surface area contributed by atoms with Crippen LogP contribution in [0.2, 0.25) is 0 Å². The second kappa shape index (κ2) is 7.06. The molecule has 1 aliphatic heterocycles. The van der Waals surface area contributed by atoms with Crippen LogP contribution in [-0.2, 0) is 17.8 Å². The van der Waals surface area contributed by atoms with E-state index in [-0.39, 0.29) is 5.91 Å². The number of benzene rings is 1. The molecule has 1 saturated heterocycles. The standard InChI is InChI=1S/C20H25N5O2/c1-4-16-14(2)22-25(15(16)3)13-19(26)23-9-11-24(12-10-23)20-21-17-7-5-6-8-18(17)27-20/h5-8H,4,9-13H2,1-3H3. The number of oxazole rings is 1. The van der Waals surface area contributed by atoms with Crippen LogP contribution < -0.4 is 4.90 Å². The predicted octanol–water partition coefficient (Wildman–Crippen LogP) is 2.55. The topological polar surface area (TPSA) is 67.4 Å². The zero-order valence-electron chi connectivity index (χ0n) is 16.1. The molecule has 142 valence electrons. The third kappa shape index (κ3) is 3.29. The lowest BCUT2D eigenvalue weighted by atomic mass is 10.1. The van der Waals surface area contributed by atoms with E-state index in [2.05, 4.69) is 21.9 Å². The van der Waals surface area contributed by atoms with Gasteiger partial charge in [-0.25, -0.2) is 0 Å². The van der Waals surface area contributed by atoms with Gasteiger partial charge in [0.05, 0.1) is 5.69 Å². The molecule has 3 heterocycles. The molecule has 0 bridgehead atoms. The number of carbonyl (C=O) groups excluding carboxylic acids is 1. The third-order valence-corrected chi connectivity index (χ3v) is 5.36. The van der Waals surface area contributed by atoms with Gasteiger partial charge in [-0.3, -0.25) is 9.48 Å². The molecule has 1 aliphatic rings. The summed E-state index contributed by atoms with van der Waals surface area (Å²) in [6.45, 7) is 9.23. The SMILES string of the molecule is CCc1c(C)nn(CC(=O)N2CCN(c3nc4ccccc4o3)CC2)c1C. The van der Waals surface area contributed by atoms with Gasteiger partial charge in [0.15, 0.2) is 5.58 Å². The molecule has 1 amide bonds. The number of piperazine rings is 1. The molecule has 0 unspecified atom stereocenters. The molecule has 27 heavy (non-hydrogen) atoms. The lowest BCUT2D eigenvalue weighted by molar-refractivity contribution is -0.132. The van der Waals surface area contributed by atoms with E-state index in [9.17, 15) is 4.79 Å². The number of anilines is 1. The Morgan fingerprint density at radius 1 is 1.15 bits per heavy atom. The van der Waals surface area contributed by atoms with Crippen LogP contribution in [0.4, 0.5) is 6.01 Å². The highest BCUT2D eigenvalue weighted by molar-refractivity contribution is 5.77. The fraction of sp³-hybridized carbons (Fsp3) is 0.450. The number of nitrogens with zero attached hydrogens (tertiary/aromatic N) is 5. The number of fused-ring (bicyclic) bond motifs is 1. The van der Waals surface area contributed by atoms with Gasteiger partial charge in [-0.1, -0.05) is 19.1 Å². The molecule has 0 atom stereocenters. The van der Waals surface area contributed by atoms with Crippen molar-refractivity contribution in [2.24, 2.45) is 0 Å². The lowest BCUT2D eigenvalue weighted by Gasteiger charge is -2.33. The summed E-state index contributed by atoms with van der Waals surface area (Å²) in [6, 6.07) is 8.39. The van der Waals surface area contributed by atoms with E-state index in [4.69, 9.17) is 4.42 Å². The number of para-hydroxylation sites is 2. The molecule has 0 N–H and O–H groups in total. The van der Waals surface area contributed by atoms with Crippen LogP contribution in [-0.4, -0.2) is 51.8 Å². The van der Waals surface area contributed by atoms with Crippen molar-refractivity contribution in [3.8, 4) is 0 Å². The van der Waals surface area contributed by atoms with Crippen LogP contribution in [0.15, 0.2) is 28.7 Å². The van der Waals surface area contributed by atoms with E-state index in [1.807, 2.05) is 47.7 Å². The molecule has 2 aromatic heterocycles. The van der Waals surface area contributed by atoms with Crippen LogP contribution in [0, 0.1) is 13.8 Å². The summed E-state index contributed by atoms with van der Waals surface area (Å²) in [4.78, 5) is 21.3. The first-order valence-corrected chi connectivity index (χ1v) is 9.48. The summed E-state index contributed by atoms with van der Waals surface area (Å²) in [5, 5.41) is 4.54. The Bertz CT molecular complexity index is 933. The molecule has 7 heteroatoms. The Balaban J connectivity index is 1.39. The number of aryl methyl sites for hydroxylation is 1. The van der Waals surface area contributed by atoms with Crippen molar-refractivity contribution >= 4 is 23.0 Å². The van der Waals surface area contributed by atoms with Crippen LogP contribution in [0.25, 0.3) is 11.1 Å². The second-order valence-corrected chi connectivity index (χ2v) is 6.99. The van der Waals surface area contributed by atoms with Gasteiger partial charge in [-0.2, -0.15) is 10.1 Å². The van der Waals surface area contributed by atoms with Gasteiger partial charge < -0.3 is 14.2 Å². The first-order chi connectivity index (χ1) is 13.1. The van der Waals surface area contributed by atoms with E-state index in [1.165, 1.54) is 5.56 Å². The maximum atomic E-state index is 12.7. The number of hydrogen-bond donors (Lipinski definition) is 0. The molecule has 3 aromatic rings. The predicted molar refractivity (Wildman–Crippen MR) is 104 cm³/mol. The van der Waals surface area contributed by atoms with Gasteiger partial charge in [-0.05, 0) is 38.0 Å². The normalized spacial score (nSPS) is 14.9. The lowest BCUT2D eigenvalue weighted by Crippen LogP contribution is -2.49. The number of rotatable bonds is 4. The first-order valence-electron chi connectivity index (χ1n) is 9.48. The van der Waals surface area contributed by atoms with E-state index < -0.39 is 0 Å². The number of carbonyl (C=O) groups is 1. The Morgan fingerprint density at radius 2 is 1.89 bits per heavy atom. The third-order valence-electron chi connectivity index (χ3n) is 5.36. The van der Waals surface area contributed by atoms with Crippen molar-refractivity contribution in [3.05, 3.63) is 41.2 Å². The van der Waals surface area contributed by atoms with Gasteiger partial charge >= 0.3 is 0 Å². The van der Waals surface area contributed by atoms with Gasteiger partial charge in [0.1, 0.15) is 12.1 Å². The Labute approximate surface area is 158 Å². The van der Waals surface area contributed by atoms with Crippen LogP contribution in [0.5, 0.6) is 0 Å². The quantitative estimate of drug-likeness (QED) is 0.709. The van der Waals surface area contributed by atoms with Crippen molar-refractivity contribution in [3.63, 3.8) is 0 Å². The van der Waals surface area contributed by atoms with E-state index >= 15 is 0 Å². The maximum Gasteiger partial charge on any atom is 0.298 e. The molecule has 1 aromatic carbocycles. The largest absolute Gasteiger partial charge is 0.423 e. The van der Waals surface area contributed by atoms with Crippen LogP contribution in [0.3, 0.4) is 0 Å². The molecule has 0 saturated carbocycles. The van der Waals surface area contributed by atoms with Crippen molar-refractivity contribution < 1.29 is 9.21 Å². The smallest absolute Gasteiger partial charge is 0.298 e. The summed E-state index contributed by atoms with van der Waals surface area (Å²) in [5.41, 5.74) is 5.00. The molecule has 4 rings (SSSR count). The molecular formula is C20H25N5O2. The van der Waals surface area contributed by atoms with Crippen molar-refractivity contribution in [1.82, 2.24) is 19.7 Å². The average molecular weight is 367 g/mol. The van der Waals surface area contributed by atoms with Crippen LogP contribution in [0.1, 0.15) is 23.9 Å². The highest BCUT2D eigenvalue weighted by Gasteiger charge is 2.25. The molecule has 0 spiro atoms. The molecule has 7 nitrogen and oxygen atoms in total. The van der Waals surface area contributed by atoms with Gasteiger partial charge in [0.25, 0.3) is 6.01 Å². The highest BCUT2D eigenvalue weighted by Crippen LogP contribution is 2.22. The van der Waals surface area contributed by atoms with E-state index in [1.54, 1.807) is 0 Å². The number of aromatic nitrogens is 3. The fourth-order valence-electron chi connectivity index (χ4n) is 3.77. The van der Waals surface area contributed by atoms with Gasteiger partial charge in [0.2, 0.25) is 5.91 Å². The van der Waals surface area contributed by atoms with Crippen molar-refractivity contribution in [1.29, 1.82) is 0 Å². The average Bonchev–Trinajstić information content (AvgIpc) is 3.22. The number of hydrogen-bond acceptors (Lipinski definition) is 5.